The summed E-state index contributed by atoms with van der Waals surface area (Å²) in [7, 11) is 1.72. The Morgan fingerprint density at radius 3 is 2.67 bits per heavy atom. The van der Waals surface area contributed by atoms with Crippen LogP contribution in [0.2, 0.25) is 0 Å². The highest BCUT2D eigenvalue weighted by Gasteiger charge is 2.41. The van der Waals surface area contributed by atoms with Crippen LogP contribution in [0.4, 0.5) is 5.82 Å². The van der Waals surface area contributed by atoms with Gasteiger partial charge in [0, 0.05) is 18.9 Å². The van der Waals surface area contributed by atoms with Crippen LogP contribution in [-0.2, 0) is 16.8 Å². The van der Waals surface area contributed by atoms with E-state index in [9.17, 15) is 0 Å². The second-order valence-electron chi connectivity index (χ2n) is 4.01. The quantitative estimate of drug-likeness (QED) is 0.818. The van der Waals surface area contributed by atoms with Gasteiger partial charge in [-0.3, -0.25) is 0 Å². The Labute approximate surface area is 89.9 Å². The van der Waals surface area contributed by atoms with Gasteiger partial charge in [0.25, 0.3) is 0 Å². The summed E-state index contributed by atoms with van der Waals surface area (Å²) in [4.78, 5) is 8.79. The first-order valence-electron chi connectivity index (χ1n) is 5.39. The highest BCUT2D eigenvalue weighted by Crippen LogP contribution is 2.42. The summed E-state index contributed by atoms with van der Waals surface area (Å²) in [6.07, 6.45) is 4.04. The van der Waals surface area contributed by atoms with Crippen molar-refractivity contribution in [3.63, 3.8) is 0 Å². The predicted molar refractivity (Wildman–Crippen MR) is 58.4 cm³/mol. The van der Waals surface area contributed by atoms with Crippen molar-refractivity contribution in [2.75, 3.05) is 12.8 Å². The van der Waals surface area contributed by atoms with E-state index in [-0.39, 0.29) is 5.60 Å². The lowest BCUT2D eigenvalue weighted by Gasteiger charge is -2.38. The van der Waals surface area contributed by atoms with Crippen molar-refractivity contribution in [3.8, 4) is 0 Å². The summed E-state index contributed by atoms with van der Waals surface area (Å²) < 4.78 is 5.53. The number of nitrogens with zero attached hydrogens (tertiary/aromatic N) is 2. The normalized spacial score (nSPS) is 18.5. The fourth-order valence-corrected chi connectivity index (χ4v) is 1.92. The molecule has 0 bridgehead atoms. The smallest absolute Gasteiger partial charge is 0.162 e. The minimum absolute atomic E-state index is 0.265. The maximum Gasteiger partial charge on any atom is 0.162 e. The molecule has 0 amide bonds. The van der Waals surface area contributed by atoms with Gasteiger partial charge in [-0.1, -0.05) is 6.92 Å². The van der Waals surface area contributed by atoms with Gasteiger partial charge >= 0.3 is 0 Å². The summed E-state index contributed by atoms with van der Waals surface area (Å²) in [6.45, 7) is 2.06. The molecular formula is C11H17N3O. The van der Waals surface area contributed by atoms with Crippen molar-refractivity contribution >= 4 is 5.82 Å². The molecule has 0 aromatic carbocycles. The molecule has 0 spiro atoms. The molecule has 82 valence electrons. The molecule has 2 rings (SSSR count). The number of nitrogen functional groups attached to an aromatic ring is 1. The predicted octanol–water partition coefficient (Wildman–Crippen LogP) is 1.65. The Morgan fingerprint density at radius 1 is 1.47 bits per heavy atom. The van der Waals surface area contributed by atoms with Crippen LogP contribution in [-0.4, -0.2) is 17.1 Å². The first kappa shape index (κ1) is 10.4. The lowest BCUT2D eigenvalue weighted by atomic mass is 9.79. The zero-order valence-electron chi connectivity index (χ0n) is 9.29. The molecule has 0 radical (unpaired) electrons. The minimum atomic E-state index is -0.265. The molecule has 15 heavy (non-hydrogen) atoms. The number of ether oxygens (including phenoxy) is 1. The molecule has 4 heteroatoms. The van der Waals surface area contributed by atoms with Crippen LogP contribution in [0, 0.1) is 0 Å². The van der Waals surface area contributed by atoms with Gasteiger partial charge in [-0.25, -0.2) is 9.97 Å². The van der Waals surface area contributed by atoms with Gasteiger partial charge in [0.1, 0.15) is 11.4 Å². The van der Waals surface area contributed by atoms with E-state index in [1.165, 1.54) is 6.42 Å². The lowest BCUT2D eigenvalue weighted by molar-refractivity contribution is -0.0846. The molecule has 1 fully saturated rings. The SMILES string of the molecule is CCc1cc(N)nc(C2(OC)CCC2)n1. The van der Waals surface area contributed by atoms with Gasteiger partial charge in [-0.15, -0.1) is 0 Å². The first-order chi connectivity index (χ1) is 7.20. The van der Waals surface area contributed by atoms with Gasteiger partial charge in [0.2, 0.25) is 0 Å². The van der Waals surface area contributed by atoms with E-state index in [0.717, 1.165) is 30.8 Å². The standard InChI is InChI=1S/C11H17N3O/c1-3-8-7-9(12)14-10(13-8)11(15-2)5-4-6-11/h7H,3-6H2,1-2H3,(H2,12,13,14). The van der Waals surface area contributed by atoms with Crippen molar-refractivity contribution in [2.24, 2.45) is 0 Å². The Balaban J connectivity index is 2.38. The lowest BCUT2D eigenvalue weighted by Crippen LogP contribution is -2.38. The zero-order chi connectivity index (χ0) is 10.9. The number of rotatable bonds is 3. The van der Waals surface area contributed by atoms with Crippen LogP contribution in [0.5, 0.6) is 0 Å². The monoisotopic (exact) mass is 207 g/mol. The molecule has 2 N–H and O–H groups in total. The number of nitrogens with two attached hydrogens (primary N) is 1. The van der Waals surface area contributed by atoms with Crippen molar-refractivity contribution in [1.29, 1.82) is 0 Å². The van der Waals surface area contributed by atoms with Gasteiger partial charge < -0.3 is 10.5 Å². The molecule has 4 nitrogen and oxygen atoms in total. The maximum absolute atomic E-state index is 5.76. The van der Waals surface area contributed by atoms with Crippen molar-refractivity contribution < 1.29 is 4.74 Å². The van der Waals surface area contributed by atoms with Crippen LogP contribution in [0.3, 0.4) is 0 Å². The minimum Gasteiger partial charge on any atom is -0.384 e. The second-order valence-corrected chi connectivity index (χ2v) is 4.01. The Bertz CT molecular complexity index is 355. The van der Waals surface area contributed by atoms with E-state index >= 15 is 0 Å². The van der Waals surface area contributed by atoms with Crippen molar-refractivity contribution in [3.05, 3.63) is 17.6 Å². The van der Waals surface area contributed by atoms with E-state index in [1.54, 1.807) is 7.11 Å². The average molecular weight is 207 g/mol. The van der Waals surface area contributed by atoms with Gasteiger partial charge in [0.15, 0.2) is 5.82 Å². The van der Waals surface area contributed by atoms with Gasteiger partial charge in [-0.05, 0) is 25.7 Å². The van der Waals surface area contributed by atoms with E-state index in [0.29, 0.717) is 5.82 Å². The fraction of sp³-hybridized carbons (Fsp3) is 0.636. The second kappa shape index (κ2) is 3.77. The third-order valence-electron chi connectivity index (χ3n) is 3.12. The maximum atomic E-state index is 5.76. The molecular weight excluding hydrogens is 190 g/mol. The molecule has 1 heterocycles. The molecule has 1 aromatic heterocycles. The third kappa shape index (κ3) is 1.69. The molecule has 0 aliphatic heterocycles. The number of anilines is 1. The van der Waals surface area contributed by atoms with Crippen molar-refractivity contribution in [2.45, 2.75) is 38.2 Å². The molecule has 1 aliphatic carbocycles. The number of aryl methyl sites for hydroxylation is 1. The first-order valence-corrected chi connectivity index (χ1v) is 5.39. The third-order valence-corrected chi connectivity index (χ3v) is 3.12. The highest BCUT2D eigenvalue weighted by atomic mass is 16.5. The molecule has 0 saturated heterocycles. The van der Waals surface area contributed by atoms with E-state index in [1.807, 2.05) is 6.07 Å². The van der Waals surface area contributed by atoms with Crippen LogP contribution in [0.1, 0.15) is 37.7 Å². The molecule has 0 atom stereocenters. The van der Waals surface area contributed by atoms with Crippen LogP contribution >= 0.6 is 0 Å². The number of aromatic nitrogens is 2. The van der Waals surface area contributed by atoms with Crippen LogP contribution in [0.25, 0.3) is 0 Å². The number of hydrogen-bond donors (Lipinski definition) is 1. The molecule has 0 unspecified atom stereocenters. The highest BCUT2D eigenvalue weighted by molar-refractivity contribution is 5.31. The topological polar surface area (TPSA) is 61.0 Å². The summed E-state index contributed by atoms with van der Waals surface area (Å²) in [5.41, 5.74) is 6.48. The zero-order valence-corrected chi connectivity index (χ0v) is 9.29. The van der Waals surface area contributed by atoms with Crippen LogP contribution in [0.15, 0.2) is 6.07 Å². The number of hydrogen-bond acceptors (Lipinski definition) is 4. The van der Waals surface area contributed by atoms with Crippen molar-refractivity contribution in [1.82, 2.24) is 9.97 Å². The Hall–Kier alpha value is -1.16. The Kier molecular flexibility index (Phi) is 2.61. The molecule has 1 saturated carbocycles. The summed E-state index contributed by atoms with van der Waals surface area (Å²) in [5, 5.41) is 0. The van der Waals surface area contributed by atoms with E-state index in [2.05, 4.69) is 16.9 Å². The Morgan fingerprint density at radius 2 is 2.20 bits per heavy atom. The number of methoxy groups -OCH3 is 1. The summed E-state index contributed by atoms with van der Waals surface area (Å²) >= 11 is 0. The largest absolute Gasteiger partial charge is 0.384 e. The average Bonchev–Trinajstić information content (AvgIpc) is 2.16. The van der Waals surface area contributed by atoms with E-state index in [4.69, 9.17) is 10.5 Å². The van der Waals surface area contributed by atoms with Crippen LogP contribution < -0.4 is 5.73 Å². The van der Waals surface area contributed by atoms with E-state index < -0.39 is 0 Å². The fourth-order valence-electron chi connectivity index (χ4n) is 1.92. The molecule has 1 aromatic rings. The van der Waals surface area contributed by atoms with Gasteiger partial charge in [0.05, 0.1) is 0 Å². The summed E-state index contributed by atoms with van der Waals surface area (Å²) in [5.74, 6) is 1.30. The van der Waals surface area contributed by atoms with Gasteiger partial charge in [-0.2, -0.15) is 0 Å². The summed E-state index contributed by atoms with van der Waals surface area (Å²) in [6, 6.07) is 1.82. The molecule has 1 aliphatic rings.